The maximum Gasteiger partial charge on any atom is 0.328 e. The van der Waals surface area contributed by atoms with Crippen LogP contribution in [0, 0.1) is 0 Å². The standard InChI is InChI=1S/C23H36N4O6S2/c1-14(28)19(23(32)33)27-21(30)17(10-12-35-3)25-22(31)18(13-15-7-5-4-6-8-15)26-20(29)16(24)9-11-34-2/h4-8,14,16-19,28H,9-13,24H2,1-3H3,(H,25,31)(H,26,29)(H,27,30)(H,32,33). The highest BCUT2D eigenvalue weighted by molar-refractivity contribution is 7.98. The minimum absolute atomic E-state index is 0.177. The van der Waals surface area contributed by atoms with Gasteiger partial charge in [0.15, 0.2) is 6.04 Å². The number of hydrogen-bond acceptors (Lipinski definition) is 8. The van der Waals surface area contributed by atoms with Crippen molar-refractivity contribution in [1.29, 1.82) is 0 Å². The molecule has 7 N–H and O–H groups in total. The molecule has 3 amide bonds. The third-order valence-corrected chi connectivity index (χ3v) is 6.46. The number of carbonyl (C=O) groups excluding carboxylic acids is 3. The van der Waals surface area contributed by atoms with E-state index in [1.807, 2.05) is 42.8 Å². The normalized spacial score (nSPS) is 15.2. The lowest BCUT2D eigenvalue weighted by atomic mass is 10.0. The largest absolute Gasteiger partial charge is 0.480 e. The number of carboxylic acid groups (broad SMARTS) is 1. The number of amides is 3. The fraction of sp³-hybridized carbons (Fsp3) is 0.565. The van der Waals surface area contributed by atoms with Crippen LogP contribution in [0.5, 0.6) is 0 Å². The van der Waals surface area contributed by atoms with Gasteiger partial charge in [-0.3, -0.25) is 14.4 Å². The molecule has 0 aromatic heterocycles. The topological polar surface area (TPSA) is 171 Å². The number of aliphatic hydroxyl groups excluding tert-OH is 1. The van der Waals surface area contributed by atoms with E-state index in [9.17, 15) is 29.4 Å². The summed E-state index contributed by atoms with van der Waals surface area (Å²) < 4.78 is 0. The van der Waals surface area contributed by atoms with Crippen molar-refractivity contribution < 1.29 is 29.4 Å². The first kappa shape index (κ1) is 30.8. The Balaban J connectivity index is 3.05. The average Bonchev–Trinajstić information content (AvgIpc) is 2.82. The number of rotatable bonds is 16. The van der Waals surface area contributed by atoms with Crippen molar-refractivity contribution in [1.82, 2.24) is 16.0 Å². The lowest BCUT2D eigenvalue weighted by Gasteiger charge is -2.26. The van der Waals surface area contributed by atoms with Crippen LogP contribution in [0.25, 0.3) is 0 Å². The van der Waals surface area contributed by atoms with Crippen molar-refractivity contribution in [2.75, 3.05) is 24.0 Å². The lowest BCUT2D eigenvalue weighted by molar-refractivity contribution is -0.145. The molecule has 196 valence electrons. The van der Waals surface area contributed by atoms with Gasteiger partial charge in [0.2, 0.25) is 17.7 Å². The van der Waals surface area contributed by atoms with Gasteiger partial charge in [-0.2, -0.15) is 23.5 Å². The van der Waals surface area contributed by atoms with Gasteiger partial charge in [0.05, 0.1) is 12.1 Å². The first-order valence-corrected chi connectivity index (χ1v) is 14.0. The zero-order chi connectivity index (χ0) is 26.4. The molecule has 12 heteroatoms. The first-order valence-electron chi connectivity index (χ1n) is 11.2. The summed E-state index contributed by atoms with van der Waals surface area (Å²) in [5.74, 6) is -1.99. The summed E-state index contributed by atoms with van der Waals surface area (Å²) in [7, 11) is 0. The summed E-state index contributed by atoms with van der Waals surface area (Å²) in [6.45, 7) is 1.25. The van der Waals surface area contributed by atoms with Crippen LogP contribution in [-0.4, -0.2) is 88.2 Å². The Morgan fingerprint density at radius 1 is 0.886 bits per heavy atom. The number of hydrogen-bond donors (Lipinski definition) is 6. The Morgan fingerprint density at radius 2 is 1.43 bits per heavy atom. The third kappa shape index (κ3) is 11.3. The molecule has 1 aromatic rings. The van der Waals surface area contributed by atoms with Crippen molar-refractivity contribution in [3.05, 3.63) is 35.9 Å². The number of aliphatic hydroxyl groups is 1. The number of carbonyl (C=O) groups is 4. The zero-order valence-corrected chi connectivity index (χ0v) is 21.9. The fourth-order valence-electron chi connectivity index (χ4n) is 3.13. The van der Waals surface area contributed by atoms with Crippen molar-refractivity contribution >= 4 is 47.2 Å². The summed E-state index contributed by atoms with van der Waals surface area (Å²) in [6, 6.07) is 4.73. The Hall–Kier alpha value is -2.28. The summed E-state index contributed by atoms with van der Waals surface area (Å²) in [4.78, 5) is 50.1. The molecule has 0 spiro atoms. The van der Waals surface area contributed by atoms with Crippen molar-refractivity contribution in [3.63, 3.8) is 0 Å². The van der Waals surface area contributed by atoms with Crippen LogP contribution in [0.15, 0.2) is 30.3 Å². The van der Waals surface area contributed by atoms with E-state index in [4.69, 9.17) is 5.73 Å². The van der Waals surface area contributed by atoms with Crippen LogP contribution >= 0.6 is 23.5 Å². The summed E-state index contributed by atoms with van der Waals surface area (Å²) in [5, 5.41) is 26.6. The van der Waals surface area contributed by atoms with Crippen LogP contribution in [0.3, 0.4) is 0 Å². The number of benzene rings is 1. The molecular formula is C23H36N4O6S2. The second-order valence-electron chi connectivity index (χ2n) is 8.05. The molecule has 0 radical (unpaired) electrons. The minimum Gasteiger partial charge on any atom is -0.480 e. The van der Waals surface area contributed by atoms with E-state index < -0.39 is 54.0 Å². The number of nitrogens with one attached hydrogen (secondary N) is 3. The molecule has 0 aliphatic heterocycles. The van der Waals surface area contributed by atoms with Crippen LogP contribution in [0.2, 0.25) is 0 Å². The SMILES string of the molecule is CSCCC(N)C(=O)NC(Cc1ccccc1)C(=O)NC(CCSC)C(=O)NC(C(=O)O)C(C)O. The van der Waals surface area contributed by atoms with Gasteiger partial charge in [0, 0.05) is 6.42 Å². The molecule has 0 saturated heterocycles. The van der Waals surface area contributed by atoms with Gasteiger partial charge >= 0.3 is 5.97 Å². The lowest BCUT2D eigenvalue weighted by Crippen LogP contribution is -2.58. The Bertz CT molecular complexity index is 827. The smallest absolute Gasteiger partial charge is 0.328 e. The molecule has 5 unspecified atom stereocenters. The van der Waals surface area contributed by atoms with Crippen LogP contribution in [-0.2, 0) is 25.6 Å². The quantitative estimate of drug-likeness (QED) is 0.173. The predicted molar refractivity (Wildman–Crippen MR) is 139 cm³/mol. The molecule has 0 saturated carbocycles. The van der Waals surface area contributed by atoms with E-state index in [2.05, 4.69) is 16.0 Å². The van der Waals surface area contributed by atoms with E-state index in [0.717, 1.165) is 5.56 Å². The maximum absolute atomic E-state index is 13.2. The van der Waals surface area contributed by atoms with Crippen LogP contribution in [0.4, 0.5) is 0 Å². The van der Waals surface area contributed by atoms with Gasteiger partial charge in [-0.05, 0) is 49.3 Å². The van der Waals surface area contributed by atoms with Gasteiger partial charge in [0.1, 0.15) is 12.1 Å². The van der Waals surface area contributed by atoms with Gasteiger partial charge in [0.25, 0.3) is 0 Å². The molecular weight excluding hydrogens is 492 g/mol. The van der Waals surface area contributed by atoms with E-state index in [1.54, 1.807) is 11.8 Å². The second-order valence-corrected chi connectivity index (χ2v) is 10.0. The molecule has 0 fully saturated rings. The third-order valence-electron chi connectivity index (χ3n) is 5.18. The highest BCUT2D eigenvalue weighted by Gasteiger charge is 2.31. The van der Waals surface area contributed by atoms with Gasteiger partial charge < -0.3 is 31.9 Å². The van der Waals surface area contributed by atoms with Crippen molar-refractivity contribution in [3.8, 4) is 0 Å². The monoisotopic (exact) mass is 528 g/mol. The summed E-state index contributed by atoms with van der Waals surface area (Å²) >= 11 is 3.01. The second kappa shape index (κ2) is 16.4. The fourth-order valence-corrected chi connectivity index (χ4v) is 4.09. The number of carboxylic acids is 1. The van der Waals surface area contributed by atoms with E-state index in [1.165, 1.54) is 18.7 Å². The number of thioether (sulfide) groups is 2. The van der Waals surface area contributed by atoms with Gasteiger partial charge in [-0.15, -0.1) is 0 Å². The van der Waals surface area contributed by atoms with Crippen molar-refractivity contribution in [2.24, 2.45) is 5.73 Å². The molecule has 0 bridgehead atoms. The van der Waals surface area contributed by atoms with Gasteiger partial charge in [-0.25, -0.2) is 4.79 Å². The molecule has 35 heavy (non-hydrogen) atoms. The maximum atomic E-state index is 13.2. The molecule has 0 aliphatic carbocycles. The van der Waals surface area contributed by atoms with Crippen molar-refractivity contribution in [2.45, 2.75) is 56.5 Å². The Kier molecular flexibility index (Phi) is 14.4. The molecule has 1 aromatic carbocycles. The van der Waals surface area contributed by atoms with E-state index >= 15 is 0 Å². The molecule has 5 atom stereocenters. The molecule has 0 heterocycles. The summed E-state index contributed by atoms with van der Waals surface area (Å²) in [5.41, 5.74) is 6.77. The van der Waals surface area contributed by atoms with Crippen LogP contribution in [0.1, 0.15) is 25.3 Å². The Labute approximate surface area is 214 Å². The molecule has 1 rings (SSSR count). The highest BCUT2D eigenvalue weighted by Crippen LogP contribution is 2.08. The molecule has 10 nitrogen and oxygen atoms in total. The molecule has 0 aliphatic rings. The number of aliphatic carboxylic acids is 1. The van der Waals surface area contributed by atoms with Gasteiger partial charge in [-0.1, -0.05) is 30.3 Å². The van der Waals surface area contributed by atoms with E-state index in [-0.39, 0.29) is 12.8 Å². The predicted octanol–water partition coefficient (Wildman–Crippen LogP) is -0.0176. The minimum atomic E-state index is -1.52. The Morgan fingerprint density at radius 3 is 1.97 bits per heavy atom. The zero-order valence-electron chi connectivity index (χ0n) is 20.2. The first-order chi connectivity index (χ1) is 16.6. The highest BCUT2D eigenvalue weighted by atomic mass is 32.2. The average molecular weight is 529 g/mol. The van der Waals surface area contributed by atoms with Crippen LogP contribution < -0.4 is 21.7 Å². The van der Waals surface area contributed by atoms with E-state index in [0.29, 0.717) is 17.9 Å². The number of nitrogens with two attached hydrogens (primary N) is 1. The summed E-state index contributed by atoms with van der Waals surface area (Å²) in [6.07, 6.45) is 3.26.